The second kappa shape index (κ2) is 36.1. The van der Waals surface area contributed by atoms with E-state index in [2.05, 4.69) is 50.3 Å². The van der Waals surface area contributed by atoms with Crippen molar-refractivity contribution in [2.75, 3.05) is 13.2 Å². The van der Waals surface area contributed by atoms with Gasteiger partial charge in [0, 0.05) is 12.8 Å². The molecule has 9 atom stereocenters. The summed E-state index contributed by atoms with van der Waals surface area (Å²) in [5.41, 5.74) is 0. The van der Waals surface area contributed by atoms with Crippen LogP contribution in [0.2, 0.25) is 0 Å². The maximum atomic E-state index is 12.8. The number of aliphatic hydroxyl groups is 6. The van der Waals surface area contributed by atoms with Crippen molar-refractivity contribution in [2.45, 2.75) is 172 Å². The first kappa shape index (κ1) is 56.7. The van der Waals surface area contributed by atoms with Gasteiger partial charge in [0.1, 0.15) is 43.2 Å². The molecule has 0 bridgehead atoms. The van der Waals surface area contributed by atoms with Gasteiger partial charge in [-0.15, -0.1) is 0 Å². The Morgan fingerprint density at radius 1 is 0.597 bits per heavy atom. The van der Waals surface area contributed by atoms with Crippen molar-refractivity contribution in [1.82, 2.24) is 0 Å². The number of esters is 2. The van der Waals surface area contributed by atoms with Crippen LogP contribution in [0.15, 0.2) is 97.2 Å². The van der Waals surface area contributed by atoms with Crippen LogP contribution < -0.4 is 0 Å². The second-order valence-electron chi connectivity index (χ2n) is 15.0. The summed E-state index contributed by atoms with van der Waals surface area (Å²) in [5, 5.41) is 60.1. The summed E-state index contributed by atoms with van der Waals surface area (Å²) in [7, 11) is -5.15. The minimum atomic E-state index is -5.15. The third-order valence-corrected chi connectivity index (χ3v) is 10.5. The minimum absolute atomic E-state index is 0.00964. The number of carbonyl (C=O) groups is 2. The molecule has 1 aliphatic rings. The molecule has 0 heterocycles. The molecule has 1 saturated carbocycles. The normalized spacial score (nSPS) is 23.3. The molecule has 0 saturated heterocycles. The highest BCUT2D eigenvalue weighted by Gasteiger charge is 2.51. The smallest absolute Gasteiger partial charge is 0.462 e. The van der Waals surface area contributed by atoms with Crippen molar-refractivity contribution in [2.24, 2.45) is 0 Å². The van der Waals surface area contributed by atoms with Gasteiger partial charge in [0.05, 0.1) is 12.7 Å². The van der Waals surface area contributed by atoms with Gasteiger partial charge in [0.15, 0.2) is 6.10 Å². The SMILES string of the molecule is CC/C=C\C/C=C\CC(O)/C=C/C=C\C/C=C\C/C=C\CCC(=O)OC[C@H](COP(=O)(O)OC1[C@H](O)[C@H](O)C(O)[C@H](O)[C@H]1O)OC(=O)CCCCCCC/C=C\C/C=C\CCC. The Balaban J connectivity index is 2.57. The topological polar surface area (TPSA) is 230 Å². The van der Waals surface area contributed by atoms with Gasteiger partial charge in [-0.3, -0.25) is 18.6 Å². The molecule has 1 aliphatic carbocycles. The largest absolute Gasteiger partial charge is 0.472 e. The van der Waals surface area contributed by atoms with E-state index < -0.39 is 81.8 Å². The van der Waals surface area contributed by atoms with Crippen LogP contribution in [-0.4, -0.2) is 110 Å². The molecule has 15 heteroatoms. The second-order valence-corrected chi connectivity index (χ2v) is 16.4. The fourth-order valence-electron chi connectivity index (χ4n) is 5.90. The zero-order chi connectivity index (χ0) is 45.9. The Morgan fingerprint density at radius 3 is 1.81 bits per heavy atom. The van der Waals surface area contributed by atoms with Crippen LogP contribution in [0.1, 0.15) is 123 Å². The molecule has 0 aliphatic heterocycles. The number of phosphoric ester groups is 1. The van der Waals surface area contributed by atoms with Crippen LogP contribution in [0.4, 0.5) is 0 Å². The van der Waals surface area contributed by atoms with Crippen molar-refractivity contribution >= 4 is 19.8 Å². The third-order valence-electron chi connectivity index (χ3n) is 9.48. The summed E-state index contributed by atoms with van der Waals surface area (Å²) in [6.45, 7) is 2.95. The Kier molecular flexibility index (Phi) is 33.1. The molecule has 0 aromatic carbocycles. The van der Waals surface area contributed by atoms with E-state index in [1.54, 1.807) is 6.08 Å². The van der Waals surface area contributed by atoms with E-state index in [4.69, 9.17) is 18.5 Å². The quantitative estimate of drug-likeness (QED) is 0.0111. The van der Waals surface area contributed by atoms with Crippen LogP contribution >= 0.6 is 7.82 Å². The molecular formula is C47H75O14P. The highest BCUT2D eigenvalue weighted by Crippen LogP contribution is 2.47. The number of unbranched alkanes of at least 4 members (excludes halogenated alkanes) is 6. The summed E-state index contributed by atoms with van der Waals surface area (Å²) in [6, 6.07) is 0. The van der Waals surface area contributed by atoms with Gasteiger partial charge in [-0.1, -0.05) is 137 Å². The number of carbonyl (C=O) groups excluding carboxylic acids is 2. The number of allylic oxidation sites excluding steroid dienone is 14. The first-order valence-electron chi connectivity index (χ1n) is 22.1. The van der Waals surface area contributed by atoms with Gasteiger partial charge in [0.25, 0.3) is 0 Å². The monoisotopic (exact) mass is 894 g/mol. The third kappa shape index (κ3) is 28.4. The van der Waals surface area contributed by atoms with Gasteiger partial charge in [-0.25, -0.2) is 4.57 Å². The summed E-state index contributed by atoms with van der Waals surface area (Å²) in [6.07, 6.45) is 30.7. The summed E-state index contributed by atoms with van der Waals surface area (Å²) in [5.74, 6) is -1.26. The predicted molar refractivity (Wildman–Crippen MR) is 240 cm³/mol. The molecule has 0 aromatic heterocycles. The molecule has 14 nitrogen and oxygen atoms in total. The van der Waals surface area contributed by atoms with E-state index in [0.717, 1.165) is 64.2 Å². The molecule has 352 valence electrons. The van der Waals surface area contributed by atoms with Crippen molar-refractivity contribution in [1.29, 1.82) is 0 Å². The molecule has 1 fully saturated rings. The van der Waals surface area contributed by atoms with Crippen molar-refractivity contribution in [3.05, 3.63) is 97.2 Å². The summed E-state index contributed by atoms with van der Waals surface area (Å²) in [4.78, 5) is 35.6. The number of phosphoric acid groups is 1. The van der Waals surface area contributed by atoms with E-state index in [1.807, 2.05) is 54.7 Å². The van der Waals surface area contributed by atoms with Gasteiger partial charge in [-0.05, 0) is 70.6 Å². The average molecular weight is 895 g/mol. The Bertz CT molecular complexity index is 1470. The lowest BCUT2D eigenvalue weighted by molar-refractivity contribution is -0.220. The lowest BCUT2D eigenvalue weighted by atomic mass is 9.85. The first-order chi connectivity index (χ1) is 29.8. The molecule has 1 rings (SSSR count). The fourth-order valence-corrected chi connectivity index (χ4v) is 6.88. The standard InChI is InChI=1S/C47H75O14P/c1-3-5-7-9-11-12-13-14-15-20-23-27-31-35-41(50)60-39(37-59-62(56,57)61-47-45(54)43(52)42(51)44(53)46(47)55)36-58-40(49)34-30-26-22-19-17-16-18-21-25-29-33-38(48)32-28-24-10-8-6-4-2/h6-9,12-13,16-17,21-22,24-26,28-29,33,38-39,42-48,51-55H,3-5,10-11,14-15,18-20,23,27,30-32,34-37H2,1-2H3,(H,56,57)/b8-6-,9-7-,13-12-,17-16-,25-21-,26-22-,28-24-,33-29+/t38?,39-,42?,43-,44+,45-,46-,47?/m1/s1. The van der Waals surface area contributed by atoms with Gasteiger partial charge < -0.3 is 45.0 Å². The van der Waals surface area contributed by atoms with Crippen molar-refractivity contribution < 1.29 is 68.2 Å². The lowest BCUT2D eigenvalue weighted by Gasteiger charge is -2.41. The molecule has 0 aromatic rings. The summed E-state index contributed by atoms with van der Waals surface area (Å²) >= 11 is 0. The van der Waals surface area contributed by atoms with Crippen LogP contribution in [0.5, 0.6) is 0 Å². The molecule has 0 spiro atoms. The number of hydrogen-bond acceptors (Lipinski definition) is 13. The summed E-state index contributed by atoms with van der Waals surface area (Å²) < 4.78 is 33.3. The first-order valence-corrected chi connectivity index (χ1v) is 23.6. The number of hydrogen-bond donors (Lipinski definition) is 7. The van der Waals surface area contributed by atoms with Crippen molar-refractivity contribution in [3.63, 3.8) is 0 Å². The molecule has 0 radical (unpaired) electrons. The Morgan fingerprint density at radius 2 is 1.15 bits per heavy atom. The zero-order valence-corrected chi connectivity index (χ0v) is 37.6. The number of ether oxygens (including phenoxy) is 2. The molecule has 62 heavy (non-hydrogen) atoms. The number of aliphatic hydroxyl groups excluding tert-OH is 6. The van der Waals surface area contributed by atoms with E-state index in [1.165, 1.54) is 0 Å². The van der Waals surface area contributed by atoms with E-state index in [0.29, 0.717) is 32.1 Å². The maximum absolute atomic E-state index is 12.8. The number of rotatable bonds is 34. The molecule has 7 N–H and O–H groups in total. The van der Waals surface area contributed by atoms with Gasteiger partial charge in [0.2, 0.25) is 0 Å². The highest BCUT2D eigenvalue weighted by molar-refractivity contribution is 7.47. The maximum Gasteiger partial charge on any atom is 0.472 e. The van der Waals surface area contributed by atoms with Gasteiger partial charge in [-0.2, -0.15) is 0 Å². The Hall–Kier alpha value is -3.27. The minimum Gasteiger partial charge on any atom is -0.462 e. The van der Waals surface area contributed by atoms with Crippen molar-refractivity contribution in [3.8, 4) is 0 Å². The van der Waals surface area contributed by atoms with Crippen LogP contribution in [0.3, 0.4) is 0 Å². The molecule has 4 unspecified atom stereocenters. The lowest BCUT2D eigenvalue weighted by Crippen LogP contribution is -2.64. The van der Waals surface area contributed by atoms with Crippen LogP contribution in [0.25, 0.3) is 0 Å². The molecular weight excluding hydrogens is 819 g/mol. The van der Waals surface area contributed by atoms with E-state index in [-0.39, 0.29) is 12.8 Å². The molecule has 0 amide bonds. The fraction of sp³-hybridized carbons (Fsp3) is 0.617. The zero-order valence-electron chi connectivity index (χ0n) is 36.7. The van der Waals surface area contributed by atoms with E-state index in [9.17, 15) is 49.7 Å². The van der Waals surface area contributed by atoms with E-state index >= 15 is 0 Å². The predicted octanol–water partition coefficient (Wildman–Crippen LogP) is 7.24. The highest BCUT2D eigenvalue weighted by atomic mass is 31.2. The van der Waals surface area contributed by atoms with Gasteiger partial charge >= 0.3 is 19.8 Å². The Labute approximate surface area is 369 Å². The van der Waals surface area contributed by atoms with Crippen LogP contribution in [0, 0.1) is 0 Å². The average Bonchev–Trinajstić information content (AvgIpc) is 3.25. The van der Waals surface area contributed by atoms with Crippen LogP contribution in [-0.2, 0) is 32.7 Å².